The van der Waals surface area contributed by atoms with Gasteiger partial charge in [-0.25, -0.2) is 4.98 Å². The van der Waals surface area contributed by atoms with E-state index in [9.17, 15) is 4.79 Å². The van der Waals surface area contributed by atoms with E-state index in [1.165, 1.54) is 18.2 Å². The van der Waals surface area contributed by atoms with Gasteiger partial charge in [0.25, 0.3) is 5.91 Å². The minimum atomic E-state index is -0.489. The van der Waals surface area contributed by atoms with Gasteiger partial charge in [0.05, 0.1) is 5.56 Å². The number of nitrogens with two attached hydrogens (primary N) is 1. The van der Waals surface area contributed by atoms with Crippen LogP contribution in [0.4, 0.5) is 0 Å². The van der Waals surface area contributed by atoms with Crippen molar-refractivity contribution in [3.63, 3.8) is 0 Å². The Morgan fingerprint density at radius 1 is 1.57 bits per heavy atom. The third-order valence-electron chi connectivity index (χ3n) is 2.01. The predicted octanol–water partition coefficient (Wildman–Crippen LogP) is 0.194. The number of carbonyl (C=O) groups excluding carboxylic acids is 1. The molecule has 2 aromatic rings. The first kappa shape index (κ1) is 8.55. The van der Waals surface area contributed by atoms with E-state index in [0.29, 0.717) is 11.1 Å². The number of fused-ring (bicyclic) bond motifs is 1. The summed E-state index contributed by atoms with van der Waals surface area (Å²) in [6.45, 7) is 0. The molecule has 2 rings (SSSR count). The molecule has 0 aliphatic rings. The summed E-state index contributed by atoms with van der Waals surface area (Å²) in [4.78, 5) is 20.1. The second-order valence-corrected chi connectivity index (χ2v) is 2.79. The number of amides is 1. The van der Waals surface area contributed by atoms with Crippen LogP contribution in [-0.4, -0.2) is 22.7 Å². The first-order valence-electron chi connectivity index (χ1n) is 4.04. The third kappa shape index (κ3) is 1.10. The summed E-state index contributed by atoms with van der Waals surface area (Å²) in [5, 5.41) is 0. The minimum Gasteiger partial charge on any atom is -0.416 e. The van der Waals surface area contributed by atoms with E-state index in [-0.39, 0.29) is 0 Å². The molecule has 14 heavy (non-hydrogen) atoms. The lowest BCUT2D eigenvalue weighted by Crippen LogP contribution is -2.11. The van der Waals surface area contributed by atoms with E-state index < -0.39 is 5.91 Å². The van der Waals surface area contributed by atoms with Gasteiger partial charge < -0.3 is 10.6 Å². The predicted molar refractivity (Wildman–Crippen MR) is 50.8 cm³/mol. The fourth-order valence-electron chi connectivity index (χ4n) is 1.36. The highest BCUT2D eigenvalue weighted by Gasteiger charge is 2.10. The van der Waals surface area contributed by atoms with Crippen molar-refractivity contribution in [2.75, 3.05) is 7.11 Å². The molecule has 72 valence electrons. The number of aromatic nitrogens is 2. The van der Waals surface area contributed by atoms with Crippen molar-refractivity contribution in [2.45, 2.75) is 0 Å². The normalized spacial score (nSPS) is 10.4. The Morgan fingerprint density at radius 3 is 3.00 bits per heavy atom. The summed E-state index contributed by atoms with van der Waals surface area (Å²) in [6.07, 6.45) is 1.50. The molecule has 1 amide bonds. The maximum atomic E-state index is 11.0. The van der Waals surface area contributed by atoms with E-state index >= 15 is 0 Å². The van der Waals surface area contributed by atoms with Crippen LogP contribution in [-0.2, 0) is 0 Å². The highest BCUT2D eigenvalue weighted by atomic mass is 16.6. The van der Waals surface area contributed by atoms with Gasteiger partial charge in [-0.15, -0.1) is 0 Å². The van der Waals surface area contributed by atoms with Crippen molar-refractivity contribution in [1.82, 2.24) is 9.71 Å². The molecule has 0 unspecified atom stereocenters. The number of rotatable bonds is 2. The lowest BCUT2D eigenvalue weighted by atomic mass is 10.2. The molecule has 0 aliphatic heterocycles. The SMILES string of the molecule is COn1cnc2c(C(N)=O)cccc21. The number of hydrogen-bond donors (Lipinski definition) is 1. The Kier molecular flexibility index (Phi) is 1.85. The summed E-state index contributed by atoms with van der Waals surface area (Å²) >= 11 is 0. The van der Waals surface area contributed by atoms with Gasteiger partial charge in [0, 0.05) is 0 Å². The largest absolute Gasteiger partial charge is 0.416 e. The molecule has 0 bridgehead atoms. The molecular weight excluding hydrogens is 182 g/mol. The van der Waals surface area contributed by atoms with E-state index in [1.54, 1.807) is 18.2 Å². The average Bonchev–Trinajstić information content (AvgIpc) is 2.59. The molecule has 5 nitrogen and oxygen atoms in total. The monoisotopic (exact) mass is 191 g/mol. The molecular formula is C9H9N3O2. The van der Waals surface area contributed by atoms with E-state index in [1.807, 2.05) is 0 Å². The summed E-state index contributed by atoms with van der Waals surface area (Å²) in [7, 11) is 1.53. The second kappa shape index (κ2) is 3.02. The van der Waals surface area contributed by atoms with Crippen molar-refractivity contribution in [1.29, 1.82) is 0 Å². The van der Waals surface area contributed by atoms with Crippen molar-refractivity contribution in [3.05, 3.63) is 30.1 Å². The molecule has 0 atom stereocenters. The molecule has 0 radical (unpaired) electrons. The van der Waals surface area contributed by atoms with Crippen LogP contribution >= 0.6 is 0 Å². The van der Waals surface area contributed by atoms with Gasteiger partial charge in [-0.1, -0.05) is 6.07 Å². The number of hydrogen-bond acceptors (Lipinski definition) is 3. The number of para-hydroxylation sites is 1. The standard InChI is InChI=1S/C9H9N3O2/c1-14-12-5-11-8-6(9(10)13)3-2-4-7(8)12/h2-5H,1H3,(H2,10,13). The van der Waals surface area contributed by atoms with Crippen LogP contribution in [0.1, 0.15) is 10.4 Å². The van der Waals surface area contributed by atoms with Gasteiger partial charge in [0.2, 0.25) is 0 Å². The molecule has 5 heteroatoms. The Morgan fingerprint density at radius 2 is 2.36 bits per heavy atom. The minimum absolute atomic E-state index is 0.401. The Labute approximate surface area is 80.1 Å². The molecule has 0 aliphatic carbocycles. The Bertz CT molecular complexity index is 490. The zero-order valence-electron chi connectivity index (χ0n) is 7.60. The van der Waals surface area contributed by atoms with Crippen LogP contribution in [0.5, 0.6) is 0 Å². The summed E-state index contributed by atoms with van der Waals surface area (Å²) < 4.78 is 1.47. The van der Waals surface area contributed by atoms with Crippen molar-refractivity contribution in [2.24, 2.45) is 5.73 Å². The fourth-order valence-corrected chi connectivity index (χ4v) is 1.36. The van der Waals surface area contributed by atoms with E-state index in [0.717, 1.165) is 5.52 Å². The lowest BCUT2D eigenvalue weighted by Gasteiger charge is -2.00. The van der Waals surface area contributed by atoms with Gasteiger partial charge in [-0.05, 0) is 12.1 Å². The van der Waals surface area contributed by atoms with Gasteiger partial charge in [-0.2, -0.15) is 4.73 Å². The van der Waals surface area contributed by atoms with Crippen molar-refractivity contribution in [3.8, 4) is 0 Å². The number of benzene rings is 1. The van der Waals surface area contributed by atoms with Gasteiger partial charge >= 0.3 is 0 Å². The molecule has 0 fully saturated rings. The number of nitrogens with zero attached hydrogens (tertiary/aromatic N) is 2. The second-order valence-electron chi connectivity index (χ2n) is 2.79. The molecule has 0 spiro atoms. The van der Waals surface area contributed by atoms with E-state index in [4.69, 9.17) is 10.6 Å². The highest BCUT2D eigenvalue weighted by Crippen LogP contribution is 2.15. The average molecular weight is 191 g/mol. The smallest absolute Gasteiger partial charge is 0.250 e. The quantitative estimate of drug-likeness (QED) is 0.736. The molecule has 1 aromatic carbocycles. The third-order valence-corrected chi connectivity index (χ3v) is 2.01. The molecule has 1 heterocycles. The van der Waals surface area contributed by atoms with Crippen molar-refractivity contribution >= 4 is 16.9 Å². The zero-order chi connectivity index (χ0) is 10.1. The maximum Gasteiger partial charge on any atom is 0.250 e. The van der Waals surface area contributed by atoms with Crippen LogP contribution in [0.3, 0.4) is 0 Å². The molecule has 0 saturated carbocycles. The van der Waals surface area contributed by atoms with Gasteiger partial charge in [0.1, 0.15) is 24.5 Å². The number of primary amides is 1. The van der Waals surface area contributed by atoms with Crippen LogP contribution in [0, 0.1) is 0 Å². The van der Waals surface area contributed by atoms with Crippen LogP contribution in [0.2, 0.25) is 0 Å². The Balaban J connectivity index is 2.76. The first-order valence-corrected chi connectivity index (χ1v) is 4.04. The lowest BCUT2D eigenvalue weighted by molar-refractivity contribution is 0.100. The van der Waals surface area contributed by atoms with Gasteiger partial charge in [0.15, 0.2) is 0 Å². The first-order chi connectivity index (χ1) is 6.74. The fraction of sp³-hybridized carbons (Fsp3) is 0.111. The summed E-state index contributed by atoms with van der Waals surface area (Å²) in [6, 6.07) is 5.18. The topological polar surface area (TPSA) is 70.1 Å². The molecule has 0 saturated heterocycles. The Hall–Kier alpha value is -2.04. The highest BCUT2D eigenvalue weighted by molar-refractivity contribution is 6.03. The number of carbonyl (C=O) groups is 1. The van der Waals surface area contributed by atoms with Crippen LogP contribution in [0.25, 0.3) is 11.0 Å². The summed E-state index contributed by atoms with van der Waals surface area (Å²) in [5.74, 6) is -0.489. The summed E-state index contributed by atoms with van der Waals surface area (Å²) in [5.41, 5.74) is 6.89. The van der Waals surface area contributed by atoms with Gasteiger partial charge in [-0.3, -0.25) is 4.79 Å². The number of imidazole rings is 1. The molecule has 1 aromatic heterocycles. The van der Waals surface area contributed by atoms with Crippen LogP contribution in [0.15, 0.2) is 24.5 Å². The molecule has 2 N–H and O–H groups in total. The van der Waals surface area contributed by atoms with Crippen LogP contribution < -0.4 is 10.6 Å². The van der Waals surface area contributed by atoms with Crippen molar-refractivity contribution < 1.29 is 9.63 Å². The van der Waals surface area contributed by atoms with E-state index in [2.05, 4.69) is 4.98 Å². The maximum absolute atomic E-state index is 11.0. The zero-order valence-corrected chi connectivity index (χ0v) is 7.60.